The molecule has 1 rings (SSSR count). The maximum absolute atomic E-state index is 6.10. The molecule has 1 atom stereocenters. The second-order valence-corrected chi connectivity index (χ2v) is 5.57. The molecule has 0 aliphatic carbocycles. The summed E-state index contributed by atoms with van der Waals surface area (Å²) < 4.78 is 8.21. The Bertz CT molecular complexity index is 295. The average Bonchev–Trinajstić information content (AvgIpc) is 2.32. The Hall–Kier alpha value is 0.390. The van der Waals surface area contributed by atoms with E-state index >= 15 is 0 Å². The minimum atomic E-state index is 0.221. The highest BCUT2D eigenvalue weighted by molar-refractivity contribution is 14.1. The van der Waals surface area contributed by atoms with Crippen molar-refractivity contribution in [1.29, 1.82) is 0 Å². The van der Waals surface area contributed by atoms with Crippen LogP contribution >= 0.6 is 38.5 Å². The summed E-state index contributed by atoms with van der Waals surface area (Å²) in [4.78, 5) is 0. The quantitative estimate of drug-likeness (QED) is 0.478. The van der Waals surface area contributed by atoms with E-state index in [2.05, 4.69) is 76.6 Å². The molecule has 0 bridgehead atoms. The molecular weight excluding hydrogens is 379 g/mol. The minimum Gasteiger partial charge on any atom is -0.370 e. The smallest absolute Gasteiger partial charge is 0.0918 e. The van der Waals surface area contributed by atoms with Crippen LogP contribution in [0.5, 0.6) is 0 Å². The van der Waals surface area contributed by atoms with E-state index in [4.69, 9.17) is 4.74 Å². The van der Waals surface area contributed by atoms with Gasteiger partial charge in [-0.15, -0.1) is 0 Å². The van der Waals surface area contributed by atoms with Crippen LogP contribution in [0.4, 0.5) is 0 Å². The third-order valence-corrected chi connectivity index (χ3v) is 3.98. The fourth-order valence-corrected chi connectivity index (χ4v) is 2.58. The lowest BCUT2D eigenvalue weighted by Gasteiger charge is -2.22. The zero-order valence-electron chi connectivity index (χ0n) is 9.75. The minimum absolute atomic E-state index is 0.221. The van der Waals surface area contributed by atoms with Crippen LogP contribution in [-0.4, -0.2) is 10.5 Å². The normalized spacial score (nSPS) is 13.1. The molecule has 0 heterocycles. The number of rotatable bonds is 6. The van der Waals surface area contributed by atoms with Crippen LogP contribution in [0.15, 0.2) is 28.7 Å². The van der Waals surface area contributed by atoms with Crippen LogP contribution in [0.2, 0.25) is 0 Å². The standard InChI is InChI=1S/C13H18BrIO/c1-3-12(4-2)16-13(9-15)10-5-7-11(14)8-6-10/h5-8,12-13H,3-4,9H2,1-2H3. The van der Waals surface area contributed by atoms with Crippen molar-refractivity contribution in [3.8, 4) is 0 Å². The maximum Gasteiger partial charge on any atom is 0.0918 e. The van der Waals surface area contributed by atoms with E-state index < -0.39 is 0 Å². The van der Waals surface area contributed by atoms with Gasteiger partial charge < -0.3 is 4.74 Å². The lowest BCUT2D eigenvalue weighted by atomic mass is 10.1. The number of ether oxygens (including phenoxy) is 1. The van der Waals surface area contributed by atoms with Gasteiger partial charge in [-0.25, -0.2) is 0 Å². The molecule has 0 saturated heterocycles. The van der Waals surface area contributed by atoms with E-state index in [9.17, 15) is 0 Å². The summed E-state index contributed by atoms with van der Waals surface area (Å²) in [5.41, 5.74) is 1.27. The Morgan fingerprint density at radius 1 is 1.19 bits per heavy atom. The zero-order valence-corrected chi connectivity index (χ0v) is 13.5. The van der Waals surface area contributed by atoms with Gasteiger partial charge in [-0.2, -0.15) is 0 Å². The molecule has 0 N–H and O–H groups in total. The van der Waals surface area contributed by atoms with Crippen molar-refractivity contribution < 1.29 is 4.74 Å². The van der Waals surface area contributed by atoms with E-state index in [0.29, 0.717) is 6.10 Å². The molecule has 0 aliphatic heterocycles. The van der Waals surface area contributed by atoms with Gasteiger partial charge in [0.25, 0.3) is 0 Å². The van der Waals surface area contributed by atoms with Crippen molar-refractivity contribution in [3.05, 3.63) is 34.3 Å². The zero-order chi connectivity index (χ0) is 12.0. The van der Waals surface area contributed by atoms with Crippen LogP contribution in [0.25, 0.3) is 0 Å². The van der Waals surface area contributed by atoms with E-state index in [1.165, 1.54) is 5.56 Å². The number of hydrogen-bond acceptors (Lipinski definition) is 1. The van der Waals surface area contributed by atoms with Gasteiger partial charge in [-0.05, 0) is 30.5 Å². The van der Waals surface area contributed by atoms with Crippen molar-refractivity contribution in [2.24, 2.45) is 0 Å². The van der Waals surface area contributed by atoms with Crippen LogP contribution < -0.4 is 0 Å². The first-order valence-corrected chi connectivity index (χ1v) is 8.00. The summed E-state index contributed by atoms with van der Waals surface area (Å²) in [5.74, 6) is 0. The van der Waals surface area contributed by atoms with Crippen LogP contribution in [-0.2, 0) is 4.74 Å². The molecule has 1 aromatic carbocycles. The molecule has 3 heteroatoms. The predicted molar refractivity (Wildman–Crippen MR) is 81.2 cm³/mol. The SMILES string of the molecule is CCC(CC)OC(CI)c1ccc(Br)cc1. The fourth-order valence-electron chi connectivity index (χ4n) is 1.59. The Morgan fingerprint density at radius 3 is 2.19 bits per heavy atom. The molecule has 1 nitrogen and oxygen atoms in total. The van der Waals surface area contributed by atoms with Gasteiger partial charge in [0.15, 0.2) is 0 Å². The second-order valence-electron chi connectivity index (χ2n) is 3.77. The monoisotopic (exact) mass is 396 g/mol. The molecule has 0 radical (unpaired) electrons. The van der Waals surface area contributed by atoms with Crippen LogP contribution in [0.1, 0.15) is 38.4 Å². The highest BCUT2D eigenvalue weighted by Gasteiger charge is 2.14. The van der Waals surface area contributed by atoms with Gasteiger partial charge in [0, 0.05) is 8.90 Å². The topological polar surface area (TPSA) is 9.23 Å². The van der Waals surface area contributed by atoms with E-state index in [1.807, 2.05) is 0 Å². The highest BCUT2D eigenvalue weighted by Crippen LogP contribution is 2.25. The van der Waals surface area contributed by atoms with E-state index in [0.717, 1.165) is 21.7 Å². The molecule has 0 aromatic heterocycles. The lowest BCUT2D eigenvalue weighted by molar-refractivity contribution is -0.00305. The fraction of sp³-hybridized carbons (Fsp3) is 0.538. The van der Waals surface area contributed by atoms with Crippen LogP contribution in [0, 0.1) is 0 Å². The van der Waals surface area contributed by atoms with Gasteiger partial charge in [0.1, 0.15) is 0 Å². The molecule has 1 aromatic rings. The van der Waals surface area contributed by atoms with Crippen molar-refractivity contribution in [1.82, 2.24) is 0 Å². The molecule has 0 amide bonds. The Balaban J connectivity index is 2.70. The van der Waals surface area contributed by atoms with Gasteiger partial charge in [0.05, 0.1) is 12.2 Å². The predicted octanol–water partition coefficient (Wildman–Crippen LogP) is 5.13. The third kappa shape index (κ3) is 4.34. The molecule has 90 valence electrons. The van der Waals surface area contributed by atoms with Crippen LogP contribution in [0.3, 0.4) is 0 Å². The van der Waals surface area contributed by atoms with Gasteiger partial charge in [0.2, 0.25) is 0 Å². The van der Waals surface area contributed by atoms with Crippen molar-refractivity contribution in [3.63, 3.8) is 0 Å². The summed E-state index contributed by atoms with van der Waals surface area (Å²) in [6.07, 6.45) is 2.77. The Kier molecular flexibility index (Phi) is 6.92. The van der Waals surface area contributed by atoms with Gasteiger partial charge >= 0.3 is 0 Å². The summed E-state index contributed by atoms with van der Waals surface area (Å²) in [5, 5.41) is 0. The summed E-state index contributed by atoms with van der Waals surface area (Å²) >= 11 is 5.84. The summed E-state index contributed by atoms with van der Waals surface area (Å²) in [6, 6.07) is 8.42. The lowest BCUT2D eigenvalue weighted by Crippen LogP contribution is -2.16. The van der Waals surface area contributed by atoms with Crippen molar-refractivity contribution in [2.75, 3.05) is 4.43 Å². The Morgan fingerprint density at radius 2 is 1.75 bits per heavy atom. The van der Waals surface area contributed by atoms with E-state index in [-0.39, 0.29) is 6.10 Å². The highest BCUT2D eigenvalue weighted by atomic mass is 127. The van der Waals surface area contributed by atoms with Gasteiger partial charge in [-0.3, -0.25) is 0 Å². The number of alkyl halides is 1. The van der Waals surface area contributed by atoms with Crippen molar-refractivity contribution in [2.45, 2.75) is 38.9 Å². The third-order valence-electron chi connectivity index (χ3n) is 2.65. The molecule has 0 aliphatic rings. The molecular formula is C13H18BrIO. The molecule has 0 saturated carbocycles. The summed E-state index contributed by atoms with van der Waals surface area (Å²) in [7, 11) is 0. The largest absolute Gasteiger partial charge is 0.370 e. The molecule has 16 heavy (non-hydrogen) atoms. The van der Waals surface area contributed by atoms with E-state index in [1.54, 1.807) is 0 Å². The molecule has 0 fully saturated rings. The Labute approximate surface area is 120 Å². The first-order chi connectivity index (χ1) is 7.71. The first kappa shape index (κ1) is 14.5. The molecule has 0 spiro atoms. The number of hydrogen-bond donors (Lipinski definition) is 0. The average molecular weight is 397 g/mol. The first-order valence-electron chi connectivity index (χ1n) is 5.68. The van der Waals surface area contributed by atoms with Crippen molar-refractivity contribution >= 4 is 38.5 Å². The maximum atomic E-state index is 6.10. The summed E-state index contributed by atoms with van der Waals surface area (Å²) in [6.45, 7) is 4.36. The number of halogens is 2. The second kappa shape index (κ2) is 7.67. The van der Waals surface area contributed by atoms with Gasteiger partial charge in [-0.1, -0.05) is 64.5 Å². The number of benzene rings is 1. The molecule has 1 unspecified atom stereocenters.